The van der Waals surface area contributed by atoms with Gasteiger partial charge in [0.1, 0.15) is 0 Å². The molecule has 0 aromatic heterocycles. The Kier molecular flexibility index (Phi) is 22.2. The number of ether oxygens (including phenoxy) is 4. The van der Waals surface area contributed by atoms with Gasteiger partial charge in [0.2, 0.25) is 11.8 Å². The number of nitrogens with one attached hydrogen (secondary N) is 2. The lowest BCUT2D eigenvalue weighted by Gasteiger charge is -2.24. The predicted molar refractivity (Wildman–Crippen MR) is 129 cm³/mol. The molecule has 2 amide bonds. The van der Waals surface area contributed by atoms with Gasteiger partial charge in [-0.1, -0.05) is 0 Å². The highest BCUT2D eigenvalue weighted by Crippen LogP contribution is 2.44. The summed E-state index contributed by atoms with van der Waals surface area (Å²) in [5.74, 6) is -0.528. The molecule has 2 atom stereocenters. The van der Waals surface area contributed by atoms with E-state index in [1.807, 2.05) is 0 Å². The quantitative estimate of drug-likeness (QED) is 0.0778. The van der Waals surface area contributed by atoms with Crippen LogP contribution in [0, 0.1) is 0 Å². The van der Waals surface area contributed by atoms with E-state index in [-0.39, 0.29) is 57.8 Å². The molecular formula is C20H41N2O10PS. The van der Waals surface area contributed by atoms with Gasteiger partial charge in [-0.05, 0) is 37.5 Å². The van der Waals surface area contributed by atoms with E-state index < -0.39 is 12.9 Å². The molecule has 202 valence electrons. The van der Waals surface area contributed by atoms with Crippen LogP contribution in [0.5, 0.6) is 0 Å². The van der Waals surface area contributed by atoms with Crippen molar-refractivity contribution in [2.45, 2.75) is 44.8 Å². The van der Waals surface area contributed by atoms with Crippen molar-refractivity contribution in [2.75, 3.05) is 73.6 Å². The zero-order valence-electron chi connectivity index (χ0n) is 20.2. The molecule has 14 heteroatoms. The summed E-state index contributed by atoms with van der Waals surface area (Å²) in [4.78, 5) is 34.7. The molecule has 0 rings (SSSR count). The summed E-state index contributed by atoms with van der Waals surface area (Å²) in [6.45, 7) is -1.79. The van der Waals surface area contributed by atoms with Crippen LogP contribution >= 0.6 is 6.72 Å². The summed E-state index contributed by atoms with van der Waals surface area (Å²) >= 11 is 5.03. The second-order valence-corrected chi connectivity index (χ2v) is 9.91. The van der Waals surface area contributed by atoms with Gasteiger partial charge in [-0.25, -0.2) is 0 Å². The zero-order valence-corrected chi connectivity index (χ0v) is 21.9. The van der Waals surface area contributed by atoms with E-state index in [0.717, 1.165) is 12.8 Å². The minimum atomic E-state index is -3.71. The molecule has 0 aromatic carbocycles. The Labute approximate surface area is 207 Å². The predicted octanol–water partition coefficient (Wildman–Crippen LogP) is 0.454. The molecule has 0 saturated heterocycles. The average molecular weight is 533 g/mol. The van der Waals surface area contributed by atoms with Gasteiger partial charge < -0.3 is 44.1 Å². The van der Waals surface area contributed by atoms with Gasteiger partial charge in [0, 0.05) is 40.3 Å². The van der Waals surface area contributed by atoms with E-state index in [2.05, 4.69) is 10.6 Å². The first-order valence-electron chi connectivity index (χ1n) is 11.3. The number of aliphatic hydroxyl groups is 1. The van der Waals surface area contributed by atoms with Crippen molar-refractivity contribution < 1.29 is 47.6 Å². The van der Waals surface area contributed by atoms with Crippen molar-refractivity contribution in [3.63, 3.8) is 0 Å². The molecule has 0 heterocycles. The van der Waals surface area contributed by atoms with Crippen LogP contribution in [0.1, 0.15) is 38.5 Å². The van der Waals surface area contributed by atoms with Crippen LogP contribution in [0.4, 0.5) is 0 Å². The highest BCUT2D eigenvalue weighted by Gasteiger charge is 2.24. The highest BCUT2D eigenvalue weighted by atomic mass is 32.5. The van der Waals surface area contributed by atoms with E-state index in [4.69, 9.17) is 44.9 Å². The highest BCUT2D eigenvalue weighted by molar-refractivity contribution is 8.07. The molecule has 0 fully saturated rings. The molecule has 2 unspecified atom stereocenters. The van der Waals surface area contributed by atoms with Crippen molar-refractivity contribution >= 4 is 30.3 Å². The average Bonchev–Trinajstić information content (AvgIpc) is 2.79. The number of unbranched alkanes of at least 4 members (excludes halogenated alkanes) is 2. The Balaban J connectivity index is 4.53. The Morgan fingerprint density at radius 1 is 0.853 bits per heavy atom. The van der Waals surface area contributed by atoms with Crippen LogP contribution in [0.2, 0.25) is 0 Å². The summed E-state index contributed by atoms with van der Waals surface area (Å²) in [6.07, 6.45) is 2.22. The molecule has 12 nitrogen and oxygen atoms in total. The lowest BCUT2D eigenvalue weighted by molar-refractivity contribution is -0.125. The van der Waals surface area contributed by atoms with Crippen molar-refractivity contribution in [1.82, 2.24) is 10.6 Å². The van der Waals surface area contributed by atoms with Gasteiger partial charge in [0.15, 0.2) is 6.23 Å². The molecule has 0 radical (unpaired) electrons. The van der Waals surface area contributed by atoms with Gasteiger partial charge in [0.05, 0.1) is 46.2 Å². The lowest BCUT2D eigenvalue weighted by Crippen LogP contribution is -2.45. The molecule has 0 aliphatic carbocycles. The molecule has 34 heavy (non-hydrogen) atoms. The third-order valence-electron chi connectivity index (χ3n) is 4.16. The Hall–Kier alpha value is -0.730. The third-order valence-corrected chi connectivity index (χ3v) is 5.77. The van der Waals surface area contributed by atoms with Crippen LogP contribution in [-0.4, -0.2) is 102 Å². The van der Waals surface area contributed by atoms with Gasteiger partial charge in [0.25, 0.3) is 0 Å². The third kappa shape index (κ3) is 21.8. The van der Waals surface area contributed by atoms with E-state index in [1.54, 1.807) is 14.2 Å². The van der Waals surface area contributed by atoms with Gasteiger partial charge in [-0.3, -0.25) is 14.1 Å². The number of hydrogen-bond donors (Lipinski definition) is 4. The number of rotatable bonds is 24. The van der Waals surface area contributed by atoms with Gasteiger partial charge >= 0.3 is 6.72 Å². The fraction of sp³-hybridized carbons (Fsp3) is 0.900. The molecular weight excluding hydrogens is 491 g/mol. The van der Waals surface area contributed by atoms with Gasteiger partial charge in [-0.2, -0.15) is 0 Å². The second-order valence-electron chi connectivity index (χ2n) is 7.12. The lowest BCUT2D eigenvalue weighted by atomic mass is 10.2. The Bertz CT molecular complexity index is 573. The minimum absolute atomic E-state index is 0.0304. The summed E-state index contributed by atoms with van der Waals surface area (Å²) in [6, 6.07) is 0. The number of amides is 2. The Morgan fingerprint density at radius 3 is 2.00 bits per heavy atom. The molecule has 0 saturated carbocycles. The molecule has 0 aliphatic rings. The maximum Gasteiger partial charge on any atom is 0.326 e. The van der Waals surface area contributed by atoms with Gasteiger partial charge in [-0.15, -0.1) is 0 Å². The van der Waals surface area contributed by atoms with Crippen LogP contribution < -0.4 is 10.6 Å². The number of hydrogen-bond acceptors (Lipinski definition) is 10. The smallest absolute Gasteiger partial charge is 0.326 e. The molecule has 0 bridgehead atoms. The minimum Gasteiger partial charge on any atom is -0.394 e. The van der Waals surface area contributed by atoms with E-state index in [1.165, 1.54) is 0 Å². The van der Waals surface area contributed by atoms with Crippen molar-refractivity contribution in [2.24, 2.45) is 0 Å². The monoisotopic (exact) mass is 532 g/mol. The first kappa shape index (κ1) is 33.3. The first-order valence-corrected chi connectivity index (χ1v) is 13.9. The topological polar surface area (TPSA) is 154 Å². The molecule has 0 aromatic rings. The SMILES string of the molecule is COCCCCC(=O)NCC(NC(=O)CCCCOC)OP(O)(=S)OCCOCCOCCO. The largest absolute Gasteiger partial charge is 0.394 e. The zero-order chi connectivity index (χ0) is 25.5. The normalized spacial score (nSPS) is 13.9. The maximum atomic E-state index is 12.2. The first-order chi connectivity index (χ1) is 16.3. The fourth-order valence-electron chi connectivity index (χ4n) is 2.51. The van der Waals surface area contributed by atoms with E-state index in [9.17, 15) is 14.5 Å². The molecule has 4 N–H and O–H groups in total. The van der Waals surface area contributed by atoms with E-state index in [0.29, 0.717) is 39.1 Å². The maximum absolute atomic E-state index is 12.2. The van der Waals surface area contributed by atoms with Crippen LogP contribution in [0.25, 0.3) is 0 Å². The summed E-state index contributed by atoms with van der Waals surface area (Å²) in [7, 11) is 3.19. The van der Waals surface area contributed by atoms with Crippen LogP contribution in [-0.2, 0) is 49.4 Å². The number of carbonyl (C=O) groups excluding carboxylic acids is 2. The molecule has 0 spiro atoms. The molecule has 0 aliphatic heterocycles. The number of methoxy groups -OCH3 is 2. The summed E-state index contributed by atoms with van der Waals surface area (Å²) in [5.41, 5.74) is 0. The summed E-state index contributed by atoms with van der Waals surface area (Å²) in [5, 5.41) is 13.9. The Morgan fingerprint density at radius 2 is 1.41 bits per heavy atom. The summed E-state index contributed by atoms with van der Waals surface area (Å²) < 4.78 is 30.9. The van der Waals surface area contributed by atoms with Crippen molar-refractivity contribution in [3.8, 4) is 0 Å². The van der Waals surface area contributed by atoms with Crippen LogP contribution in [0.15, 0.2) is 0 Å². The second kappa shape index (κ2) is 22.7. The standard InChI is InChI=1S/C20H41N2O10PS/c1-27-10-5-3-7-18(24)21-17-20(22-19(25)8-4-6-11-28-2)32-33(26,34)31-16-15-30-14-13-29-12-9-23/h20,23H,3-17H2,1-2H3,(H,21,24)(H,22,25)(H,26,34). The van der Waals surface area contributed by atoms with Crippen LogP contribution in [0.3, 0.4) is 0 Å². The van der Waals surface area contributed by atoms with Crippen molar-refractivity contribution in [3.05, 3.63) is 0 Å². The number of aliphatic hydroxyl groups excluding tert-OH is 1. The van der Waals surface area contributed by atoms with E-state index >= 15 is 0 Å². The number of carbonyl (C=O) groups is 2. The van der Waals surface area contributed by atoms with Crippen molar-refractivity contribution in [1.29, 1.82) is 0 Å². The fourth-order valence-corrected chi connectivity index (χ4v) is 3.86.